The van der Waals surface area contributed by atoms with Gasteiger partial charge in [0.2, 0.25) is 5.89 Å². The highest BCUT2D eigenvalue weighted by Gasteiger charge is 2.43. The molecule has 162 valence electrons. The number of piperidine rings is 1. The van der Waals surface area contributed by atoms with E-state index in [0.29, 0.717) is 42.8 Å². The molecule has 0 N–H and O–H groups in total. The molecule has 2 aromatic heterocycles. The second-order valence-corrected chi connectivity index (χ2v) is 8.22. The van der Waals surface area contributed by atoms with E-state index in [1.807, 2.05) is 4.90 Å². The SMILES string of the molecule is COCCC1(c2noc(C3CCOCC3)n2)CCCN(C(=O)c2cnc(C)nc2)C1. The summed E-state index contributed by atoms with van der Waals surface area (Å²) in [6, 6.07) is 0. The molecule has 0 aliphatic carbocycles. The summed E-state index contributed by atoms with van der Waals surface area (Å²) >= 11 is 0. The molecule has 0 radical (unpaired) electrons. The Bertz CT molecular complexity index is 849. The minimum atomic E-state index is -0.387. The molecule has 1 unspecified atom stereocenters. The van der Waals surface area contributed by atoms with Crippen molar-refractivity contribution in [3.05, 3.63) is 35.5 Å². The highest BCUT2D eigenvalue weighted by Crippen LogP contribution is 2.37. The lowest BCUT2D eigenvalue weighted by Gasteiger charge is -2.40. The molecule has 0 bridgehead atoms. The van der Waals surface area contributed by atoms with Gasteiger partial charge in [-0.2, -0.15) is 4.98 Å². The van der Waals surface area contributed by atoms with Gasteiger partial charge >= 0.3 is 0 Å². The smallest absolute Gasteiger partial charge is 0.257 e. The molecule has 0 aromatic carbocycles. The molecular weight excluding hydrogens is 386 g/mol. The zero-order chi connectivity index (χ0) is 21.0. The molecule has 0 spiro atoms. The number of hydrogen-bond acceptors (Lipinski definition) is 8. The number of amides is 1. The molecule has 9 nitrogen and oxygen atoms in total. The Hall–Kier alpha value is -2.39. The van der Waals surface area contributed by atoms with Crippen LogP contribution in [0.3, 0.4) is 0 Å². The van der Waals surface area contributed by atoms with Gasteiger partial charge in [0.1, 0.15) is 5.82 Å². The average molecular weight is 415 g/mol. The van der Waals surface area contributed by atoms with Crippen LogP contribution in [0, 0.1) is 6.92 Å². The lowest BCUT2D eigenvalue weighted by molar-refractivity contribution is 0.0566. The summed E-state index contributed by atoms with van der Waals surface area (Å²) < 4.78 is 16.5. The van der Waals surface area contributed by atoms with Crippen LogP contribution in [0.25, 0.3) is 0 Å². The van der Waals surface area contributed by atoms with E-state index in [2.05, 4.69) is 15.1 Å². The van der Waals surface area contributed by atoms with Crippen LogP contribution in [-0.4, -0.2) is 70.9 Å². The molecule has 1 atom stereocenters. The van der Waals surface area contributed by atoms with E-state index >= 15 is 0 Å². The fraction of sp³-hybridized carbons (Fsp3) is 0.667. The number of nitrogens with zero attached hydrogens (tertiary/aromatic N) is 5. The maximum absolute atomic E-state index is 13.1. The lowest BCUT2D eigenvalue weighted by atomic mass is 9.76. The van der Waals surface area contributed by atoms with Gasteiger partial charge in [-0.25, -0.2) is 9.97 Å². The van der Waals surface area contributed by atoms with Crippen molar-refractivity contribution in [3.63, 3.8) is 0 Å². The third-order valence-electron chi connectivity index (χ3n) is 6.16. The number of ether oxygens (including phenoxy) is 2. The topological polar surface area (TPSA) is 103 Å². The molecule has 9 heteroatoms. The highest BCUT2D eigenvalue weighted by atomic mass is 16.5. The van der Waals surface area contributed by atoms with Crippen molar-refractivity contribution in [2.24, 2.45) is 0 Å². The van der Waals surface area contributed by atoms with Gasteiger partial charge in [-0.15, -0.1) is 0 Å². The minimum Gasteiger partial charge on any atom is -0.385 e. The van der Waals surface area contributed by atoms with Gasteiger partial charge < -0.3 is 18.9 Å². The summed E-state index contributed by atoms with van der Waals surface area (Å²) in [6.45, 7) is 5.02. The highest BCUT2D eigenvalue weighted by molar-refractivity contribution is 5.93. The molecule has 4 heterocycles. The predicted molar refractivity (Wildman–Crippen MR) is 107 cm³/mol. The summed E-state index contributed by atoms with van der Waals surface area (Å²) in [4.78, 5) is 28.1. The number of aryl methyl sites for hydroxylation is 1. The zero-order valence-corrected chi connectivity index (χ0v) is 17.7. The number of aromatic nitrogens is 4. The van der Waals surface area contributed by atoms with Gasteiger partial charge in [0.25, 0.3) is 5.91 Å². The van der Waals surface area contributed by atoms with E-state index in [0.717, 1.165) is 45.3 Å². The van der Waals surface area contributed by atoms with Gasteiger partial charge in [0, 0.05) is 58.3 Å². The maximum Gasteiger partial charge on any atom is 0.257 e. The molecular formula is C21H29N5O4. The largest absolute Gasteiger partial charge is 0.385 e. The van der Waals surface area contributed by atoms with E-state index in [1.54, 1.807) is 26.4 Å². The molecule has 2 aromatic rings. The molecule has 2 fully saturated rings. The second kappa shape index (κ2) is 9.18. The van der Waals surface area contributed by atoms with Gasteiger partial charge in [-0.05, 0) is 39.0 Å². The van der Waals surface area contributed by atoms with Gasteiger partial charge in [-0.1, -0.05) is 5.16 Å². The molecule has 2 aliphatic rings. The van der Waals surface area contributed by atoms with E-state index in [1.165, 1.54) is 0 Å². The molecule has 2 aliphatic heterocycles. The molecule has 0 saturated carbocycles. The van der Waals surface area contributed by atoms with E-state index < -0.39 is 0 Å². The summed E-state index contributed by atoms with van der Waals surface area (Å²) in [5.41, 5.74) is 0.113. The monoisotopic (exact) mass is 415 g/mol. The maximum atomic E-state index is 13.1. The van der Waals surface area contributed by atoms with Gasteiger partial charge in [-0.3, -0.25) is 4.79 Å². The van der Waals surface area contributed by atoms with Crippen molar-refractivity contribution in [1.82, 2.24) is 25.0 Å². The van der Waals surface area contributed by atoms with Crippen molar-refractivity contribution >= 4 is 5.91 Å². The van der Waals surface area contributed by atoms with Crippen LogP contribution in [0.4, 0.5) is 0 Å². The first-order chi connectivity index (χ1) is 14.6. The summed E-state index contributed by atoms with van der Waals surface area (Å²) in [5.74, 6) is 2.18. The molecule has 4 rings (SSSR count). The second-order valence-electron chi connectivity index (χ2n) is 8.22. The van der Waals surface area contributed by atoms with Crippen LogP contribution in [0.1, 0.15) is 65.9 Å². The normalized spacial score (nSPS) is 22.9. The van der Waals surface area contributed by atoms with Crippen molar-refractivity contribution in [2.75, 3.05) is 40.0 Å². The van der Waals surface area contributed by atoms with Crippen molar-refractivity contribution in [2.45, 2.75) is 50.4 Å². The van der Waals surface area contributed by atoms with Gasteiger partial charge in [0.15, 0.2) is 5.82 Å². The minimum absolute atomic E-state index is 0.0651. The first-order valence-corrected chi connectivity index (χ1v) is 10.6. The fourth-order valence-electron chi connectivity index (χ4n) is 4.35. The summed E-state index contributed by atoms with van der Waals surface area (Å²) in [6.07, 6.45) is 7.45. The van der Waals surface area contributed by atoms with Crippen molar-refractivity contribution < 1.29 is 18.8 Å². The third kappa shape index (κ3) is 4.37. The standard InChI is InChI=1S/C21H29N5O4/c1-15-22-12-17(13-23-15)19(27)26-8-3-6-21(14-26,7-11-28-2)20-24-18(30-25-20)16-4-9-29-10-5-16/h12-13,16H,3-11,14H2,1-2H3. The average Bonchev–Trinajstić information content (AvgIpc) is 3.30. The Morgan fingerprint density at radius 1 is 1.30 bits per heavy atom. The van der Waals surface area contributed by atoms with Crippen LogP contribution < -0.4 is 0 Å². The predicted octanol–water partition coefficient (Wildman–Crippen LogP) is 2.27. The van der Waals surface area contributed by atoms with Crippen LogP contribution in [0.5, 0.6) is 0 Å². The van der Waals surface area contributed by atoms with Crippen molar-refractivity contribution in [1.29, 1.82) is 0 Å². The molecule has 30 heavy (non-hydrogen) atoms. The summed E-state index contributed by atoms with van der Waals surface area (Å²) in [5, 5.41) is 4.37. The van der Waals surface area contributed by atoms with E-state index in [4.69, 9.17) is 19.0 Å². The van der Waals surface area contributed by atoms with E-state index in [-0.39, 0.29) is 17.2 Å². The Morgan fingerprint density at radius 3 is 2.80 bits per heavy atom. The summed E-state index contributed by atoms with van der Waals surface area (Å²) in [7, 11) is 1.69. The van der Waals surface area contributed by atoms with Crippen LogP contribution in [0.2, 0.25) is 0 Å². The van der Waals surface area contributed by atoms with Gasteiger partial charge in [0.05, 0.1) is 11.0 Å². The zero-order valence-electron chi connectivity index (χ0n) is 17.7. The first kappa shape index (κ1) is 20.9. The number of likely N-dealkylation sites (tertiary alicyclic amines) is 1. The molecule has 2 saturated heterocycles. The first-order valence-electron chi connectivity index (χ1n) is 10.6. The number of carbonyl (C=O) groups is 1. The van der Waals surface area contributed by atoms with E-state index in [9.17, 15) is 4.79 Å². The van der Waals surface area contributed by atoms with Crippen LogP contribution >= 0.6 is 0 Å². The Balaban J connectivity index is 1.57. The Labute approximate surface area is 176 Å². The van der Waals surface area contributed by atoms with Crippen LogP contribution in [-0.2, 0) is 14.9 Å². The Morgan fingerprint density at radius 2 is 2.07 bits per heavy atom. The molecule has 1 amide bonds. The van der Waals surface area contributed by atoms with Crippen LogP contribution in [0.15, 0.2) is 16.9 Å². The quantitative estimate of drug-likeness (QED) is 0.708. The van der Waals surface area contributed by atoms with Crippen molar-refractivity contribution in [3.8, 4) is 0 Å². The Kier molecular flexibility index (Phi) is 6.38. The number of rotatable bonds is 6. The number of methoxy groups -OCH3 is 1. The number of carbonyl (C=O) groups excluding carboxylic acids is 1. The lowest BCUT2D eigenvalue weighted by Crippen LogP contribution is -2.49. The third-order valence-corrected chi connectivity index (χ3v) is 6.16. The number of hydrogen-bond donors (Lipinski definition) is 0. The fourth-order valence-corrected chi connectivity index (χ4v) is 4.35.